The summed E-state index contributed by atoms with van der Waals surface area (Å²) in [5, 5.41) is 14.7. The predicted octanol–water partition coefficient (Wildman–Crippen LogP) is 2.03. The van der Waals surface area contributed by atoms with Crippen LogP contribution in [0.1, 0.15) is 12.8 Å². The first-order valence-corrected chi connectivity index (χ1v) is 7.88. The number of nitrogens with one attached hydrogen (secondary N) is 3. The van der Waals surface area contributed by atoms with Crippen molar-refractivity contribution >= 4 is 23.1 Å². The molecule has 7 heteroatoms. The van der Waals surface area contributed by atoms with Gasteiger partial charge in [0.1, 0.15) is 5.82 Å². The standard InChI is InChI=1S/C16H19N7/c1-6-14(19-12-4-2-8-17-10-12)23-15(7-1)21-16(22-23)20-13-5-3-9-18-11-13/h1,3,5-7,9,11-12,17,19H,2,4,8,10H2,(H,20,22)/t12-/m1/s1. The molecule has 1 atom stereocenters. The zero-order valence-corrected chi connectivity index (χ0v) is 12.7. The van der Waals surface area contributed by atoms with Crippen molar-refractivity contribution in [2.45, 2.75) is 18.9 Å². The van der Waals surface area contributed by atoms with Crippen molar-refractivity contribution < 1.29 is 0 Å². The summed E-state index contributed by atoms with van der Waals surface area (Å²) in [6.45, 7) is 2.08. The van der Waals surface area contributed by atoms with Gasteiger partial charge in [-0.25, -0.2) is 0 Å². The van der Waals surface area contributed by atoms with Crippen LogP contribution in [-0.2, 0) is 0 Å². The van der Waals surface area contributed by atoms with Gasteiger partial charge < -0.3 is 16.0 Å². The van der Waals surface area contributed by atoms with Crippen LogP contribution in [0.5, 0.6) is 0 Å². The summed E-state index contributed by atoms with van der Waals surface area (Å²) in [6, 6.07) is 10.2. The summed E-state index contributed by atoms with van der Waals surface area (Å²) in [4.78, 5) is 8.60. The molecule has 0 amide bonds. The number of nitrogens with zero attached hydrogens (tertiary/aromatic N) is 4. The first-order valence-electron chi connectivity index (χ1n) is 7.88. The number of piperidine rings is 1. The molecule has 0 bridgehead atoms. The monoisotopic (exact) mass is 309 g/mol. The molecule has 0 unspecified atom stereocenters. The molecule has 0 radical (unpaired) electrons. The van der Waals surface area contributed by atoms with Crippen LogP contribution < -0.4 is 16.0 Å². The summed E-state index contributed by atoms with van der Waals surface area (Å²) < 4.78 is 1.84. The molecule has 1 aliphatic heterocycles. The van der Waals surface area contributed by atoms with Crippen molar-refractivity contribution in [2.75, 3.05) is 23.7 Å². The molecule has 1 aliphatic rings. The number of hydrogen-bond donors (Lipinski definition) is 3. The predicted molar refractivity (Wildman–Crippen MR) is 90.0 cm³/mol. The summed E-state index contributed by atoms with van der Waals surface area (Å²) in [5.74, 6) is 1.52. The molecule has 0 aliphatic carbocycles. The molecule has 7 nitrogen and oxygen atoms in total. The average molecular weight is 309 g/mol. The van der Waals surface area contributed by atoms with E-state index in [0.717, 1.165) is 30.2 Å². The molecule has 3 aromatic rings. The highest BCUT2D eigenvalue weighted by Gasteiger charge is 2.15. The Bertz CT molecular complexity index is 777. The maximum absolute atomic E-state index is 4.56. The van der Waals surface area contributed by atoms with Crippen LogP contribution in [0.4, 0.5) is 17.5 Å². The molecule has 1 saturated heterocycles. The summed E-state index contributed by atoms with van der Waals surface area (Å²) in [5.41, 5.74) is 1.68. The fourth-order valence-electron chi connectivity index (χ4n) is 2.82. The molecule has 4 heterocycles. The highest BCUT2D eigenvalue weighted by molar-refractivity contribution is 5.57. The Hall–Kier alpha value is -2.67. The first-order chi connectivity index (χ1) is 11.4. The Balaban J connectivity index is 1.59. The lowest BCUT2D eigenvalue weighted by molar-refractivity contribution is 0.478. The summed E-state index contributed by atoms with van der Waals surface area (Å²) >= 11 is 0. The lowest BCUT2D eigenvalue weighted by Gasteiger charge is -2.24. The Kier molecular flexibility index (Phi) is 3.77. The normalized spacial score (nSPS) is 18.0. The second kappa shape index (κ2) is 6.21. The molecular formula is C16H19N7. The second-order valence-corrected chi connectivity index (χ2v) is 5.67. The number of fused-ring (bicyclic) bond motifs is 1. The van der Waals surface area contributed by atoms with E-state index in [9.17, 15) is 0 Å². The Morgan fingerprint density at radius 2 is 2.22 bits per heavy atom. The molecule has 3 aromatic heterocycles. The second-order valence-electron chi connectivity index (χ2n) is 5.67. The van der Waals surface area contributed by atoms with E-state index in [1.54, 1.807) is 12.4 Å². The molecule has 23 heavy (non-hydrogen) atoms. The van der Waals surface area contributed by atoms with Gasteiger partial charge >= 0.3 is 0 Å². The summed E-state index contributed by atoms with van der Waals surface area (Å²) in [7, 11) is 0. The smallest absolute Gasteiger partial charge is 0.247 e. The van der Waals surface area contributed by atoms with Crippen molar-refractivity contribution in [1.29, 1.82) is 0 Å². The highest BCUT2D eigenvalue weighted by atomic mass is 15.4. The van der Waals surface area contributed by atoms with E-state index >= 15 is 0 Å². The number of rotatable bonds is 4. The topological polar surface area (TPSA) is 79.2 Å². The van der Waals surface area contributed by atoms with Gasteiger partial charge in [0, 0.05) is 18.8 Å². The van der Waals surface area contributed by atoms with E-state index in [2.05, 4.69) is 31.0 Å². The van der Waals surface area contributed by atoms with E-state index in [0.29, 0.717) is 12.0 Å². The van der Waals surface area contributed by atoms with Gasteiger partial charge in [0.05, 0.1) is 11.9 Å². The van der Waals surface area contributed by atoms with Crippen molar-refractivity contribution in [3.05, 3.63) is 42.7 Å². The maximum atomic E-state index is 4.56. The van der Waals surface area contributed by atoms with Gasteiger partial charge in [0.25, 0.3) is 0 Å². The fourth-order valence-corrected chi connectivity index (χ4v) is 2.82. The van der Waals surface area contributed by atoms with Gasteiger partial charge in [0.2, 0.25) is 5.95 Å². The van der Waals surface area contributed by atoms with Crippen LogP contribution in [0.2, 0.25) is 0 Å². The molecular weight excluding hydrogens is 290 g/mol. The minimum atomic E-state index is 0.424. The molecule has 0 aromatic carbocycles. The van der Waals surface area contributed by atoms with Crippen LogP contribution in [0.3, 0.4) is 0 Å². The van der Waals surface area contributed by atoms with Crippen molar-refractivity contribution in [3.8, 4) is 0 Å². The Labute approximate surface area is 134 Å². The molecule has 0 spiro atoms. The first kappa shape index (κ1) is 14.0. The fraction of sp³-hybridized carbons (Fsp3) is 0.312. The van der Waals surface area contributed by atoms with Crippen LogP contribution in [0, 0.1) is 0 Å². The number of aromatic nitrogens is 4. The zero-order chi connectivity index (χ0) is 15.5. The van der Waals surface area contributed by atoms with Gasteiger partial charge in [-0.1, -0.05) is 6.07 Å². The van der Waals surface area contributed by atoms with E-state index in [1.807, 2.05) is 34.8 Å². The van der Waals surface area contributed by atoms with Crippen LogP contribution in [0.15, 0.2) is 42.7 Å². The molecule has 118 valence electrons. The third kappa shape index (κ3) is 3.09. The summed E-state index contributed by atoms with van der Waals surface area (Å²) in [6.07, 6.45) is 5.85. The minimum absolute atomic E-state index is 0.424. The van der Waals surface area contributed by atoms with Crippen LogP contribution in [0.25, 0.3) is 5.65 Å². The van der Waals surface area contributed by atoms with E-state index in [4.69, 9.17) is 0 Å². The third-order valence-electron chi connectivity index (χ3n) is 3.93. The number of pyridine rings is 2. The van der Waals surface area contributed by atoms with E-state index in [-0.39, 0.29) is 0 Å². The van der Waals surface area contributed by atoms with Gasteiger partial charge in [-0.15, -0.1) is 5.10 Å². The largest absolute Gasteiger partial charge is 0.366 e. The Morgan fingerprint density at radius 1 is 1.22 bits per heavy atom. The van der Waals surface area contributed by atoms with E-state index in [1.165, 1.54) is 12.8 Å². The van der Waals surface area contributed by atoms with Gasteiger partial charge in [-0.05, 0) is 43.7 Å². The minimum Gasteiger partial charge on any atom is -0.366 e. The van der Waals surface area contributed by atoms with Crippen LogP contribution >= 0.6 is 0 Å². The lowest BCUT2D eigenvalue weighted by atomic mass is 10.1. The number of anilines is 3. The molecule has 4 rings (SSSR count). The SMILES string of the molecule is c1cncc(Nc2nc3cccc(N[C@@H]4CCCNC4)n3n2)c1. The zero-order valence-electron chi connectivity index (χ0n) is 12.7. The molecule has 3 N–H and O–H groups in total. The van der Waals surface area contributed by atoms with E-state index < -0.39 is 0 Å². The third-order valence-corrected chi connectivity index (χ3v) is 3.93. The number of hydrogen-bond acceptors (Lipinski definition) is 6. The van der Waals surface area contributed by atoms with Gasteiger partial charge in [-0.2, -0.15) is 9.50 Å². The Morgan fingerprint density at radius 3 is 3.04 bits per heavy atom. The van der Waals surface area contributed by atoms with Crippen LogP contribution in [-0.4, -0.2) is 38.7 Å². The maximum Gasteiger partial charge on any atom is 0.247 e. The molecule has 1 fully saturated rings. The van der Waals surface area contributed by atoms with Crippen molar-refractivity contribution in [1.82, 2.24) is 24.9 Å². The van der Waals surface area contributed by atoms with Crippen molar-refractivity contribution in [2.24, 2.45) is 0 Å². The molecule has 0 saturated carbocycles. The average Bonchev–Trinajstić information content (AvgIpc) is 3.00. The highest BCUT2D eigenvalue weighted by Crippen LogP contribution is 2.17. The van der Waals surface area contributed by atoms with Crippen molar-refractivity contribution in [3.63, 3.8) is 0 Å². The van der Waals surface area contributed by atoms with Gasteiger partial charge in [-0.3, -0.25) is 4.98 Å². The lowest BCUT2D eigenvalue weighted by Crippen LogP contribution is -2.38. The quantitative estimate of drug-likeness (QED) is 0.684. The van der Waals surface area contributed by atoms with Gasteiger partial charge in [0.15, 0.2) is 5.65 Å².